The smallest absolute Gasteiger partial charge is 0.238 e. The molecule has 1 aliphatic rings. The Balaban J connectivity index is 1.58. The van der Waals surface area contributed by atoms with Gasteiger partial charge in [0.15, 0.2) is 5.37 Å². The fourth-order valence-electron chi connectivity index (χ4n) is 4.24. The van der Waals surface area contributed by atoms with Crippen LogP contribution in [0.1, 0.15) is 23.8 Å². The Hall–Kier alpha value is -3.49. The van der Waals surface area contributed by atoms with Crippen LogP contribution in [0.25, 0.3) is 22.1 Å². The van der Waals surface area contributed by atoms with Crippen LogP contribution in [0.2, 0.25) is 0 Å². The molecule has 0 saturated carbocycles. The number of carbonyl (C=O) groups is 1. The summed E-state index contributed by atoms with van der Waals surface area (Å²) in [5, 5.41) is 4.45. The van der Waals surface area contributed by atoms with Crippen molar-refractivity contribution in [3.8, 4) is 11.1 Å². The molecule has 1 unspecified atom stereocenters. The Morgan fingerprint density at radius 1 is 1.00 bits per heavy atom. The van der Waals surface area contributed by atoms with E-state index >= 15 is 0 Å². The van der Waals surface area contributed by atoms with Crippen molar-refractivity contribution < 1.29 is 22.0 Å². The van der Waals surface area contributed by atoms with Crippen molar-refractivity contribution in [1.82, 2.24) is 10.6 Å². The molecule has 8 heteroatoms. The van der Waals surface area contributed by atoms with E-state index in [0.29, 0.717) is 23.9 Å². The second kappa shape index (κ2) is 9.04. The van der Waals surface area contributed by atoms with Crippen LogP contribution >= 0.6 is 0 Å². The number of hydrogen-bond acceptors (Lipinski definition) is 5. The Bertz CT molecular complexity index is 1440. The summed E-state index contributed by atoms with van der Waals surface area (Å²) in [5.41, 5.74) is 2.39. The zero-order valence-corrected chi connectivity index (χ0v) is 19.0. The minimum absolute atomic E-state index is 0.251. The van der Waals surface area contributed by atoms with Crippen molar-refractivity contribution in [3.05, 3.63) is 90.2 Å². The van der Waals surface area contributed by atoms with Gasteiger partial charge in [0.05, 0.1) is 6.04 Å². The molecular formula is C26H23FN2O4S. The third-order valence-electron chi connectivity index (χ3n) is 5.99. The minimum Gasteiger partial charge on any atom is -0.445 e. The normalized spacial score (nSPS) is 17.0. The van der Waals surface area contributed by atoms with E-state index in [1.165, 1.54) is 24.3 Å². The summed E-state index contributed by atoms with van der Waals surface area (Å²) in [5.74, 6) is -0.886. The molecule has 174 valence electrons. The second-order valence-electron chi connectivity index (χ2n) is 8.32. The fraction of sp³-hybridized carbons (Fsp3) is 0.192. The molecule has 1 amide bonds. The number of amides is 1. The van der Waals surface area contributed by atoms with Crippen molar-refractivity contribution in [2.45, 2.75) is 29.3 Å². The number of hydrogen-bond donors (Lipinski definition) is 2. The van der Waals surface area contributed by atoms with Crippen LogP contribution in [0.15, 0.2) is 88.4 Å². The zero-order valence-electron chi connectivity index (χ0n) is 18.2. The minimum atomic E-state index is -4.20. The maximum atomic E-state index is 13.8. The van der Waals surface area contributed by atoms with Crippen molar-refractivity contribution >= 4 is 26.7 Å². The third-order valence-corrected chi connectivity index (χ3v) is 7.77. The largest absolute Gasteiger partial charge is 0.445 e. The monoisotopic (exact) mass is 478 g/mol. The Kier molecular flexibility index (Phi) is 5.93. The molecule has 34 heavy (non-hydrogen) atoms. The Morgan fingerprint density at radius 3 is 2.56 bits per heavy atom. The van der Waals surface area contributed by atoms with Crippen LogP contribution in [0, 0.1) is 5.82 Å². The zero-order chi connectivity index (χ0) is 23.7. The molecule has 0 spiro atoms. The van der Waals surface area contributed by atoms with Gasteiger partial charge in [-0.1, -0.05) is 48.5 Å². The van der Waals surface area contributed by atoms with Crippen LogP contribution < -0.4 is 10.6 Å². The van der Waals surface area contributed by atoms with Gasteiger partial charge in [0.25, 0.3) is 0 Å². The highest BCUT2D eigenvalue weighted by Gasteiger charge is 2.36. The lowest BCUT2D eigenvalue weighted by Gasteiger charge is -2.21. The summed E-state index contributed by atoms with van der Waals surface area (Å²) < 4.78 is 46.8. The summed E-state index contributed by atoms with van der Waals surface area (Å²) in [7, 11) is -4.20. The quantitative estimate of drug-likeness (QED) is 0.424. The first-order valence-corrected chi connectivity index (χ1v) is 12.6. The van der Waals surface area contributed by atoms with Crippen LogP contribution in [-0.2, 0) is 14.6 Å². The number of rotatable bonds is 6. The second-order valence-corrected chi connectivity index (χ2v) is 10.3. The average Bonchev–Trinajstić information content (AvgIpc) is 3.53. The summed E-state index contributed by atoms with van der Waals surface area (Å²) in [4.78, 5) is 13.0. The van der Waals surface area contributed by atoms with E-state index < -0.39 is 33.0 Å². The molecule has 5 rings (SSSR count). The molecule has 3 aromatic carbocycles. The first kappa shape index (κ1) is 22.3. The molecular weight excluding hydrogens is 455 g/mol. The molecule has 6 nitrogen and oxygen atoms in total. The van der Waals surface area contributed by atoms with Gasteiger partial charge in [-0.15, -0.1) is 0 Å². The van der Waals surface area contributed by atoms with Gasteiger partial charge in [0.1, 0.15) is 11.4 Å². The number of carbonyl (C=O) groups excluding carboxylic acids is 1. The van der Waals surface area contributed by atoms with Crippen LogP contribution in [0.5, 0.6) is 0 Å². The Morgan fingerprint density at radius 2 is 1.79 bits per heavy atom. The van der Waals surface area contributed by atoms with E-state index in [0.717, 1.165) is 17.5 Å². The predicted molar refractivity (Wildman–Crippen MR) is 127 cm³/mol. The van der Waals surface area contributed by atoms with Gasteiger partial charge in [-0.25, -0.2) is 12.8 Å². The highest BCUT2D eigenvalue weighted by atomic mass is 32.2. The molecule has 2 atom stereocenters. The van der Waals surface area contributed by atoms with E-state index in [-0.39, 0.29) is 10.7 Å². The Labute approximate surface area is 196 Å². The molecule has 2 heterocycles. The topological polar surface area (TPSA) is 88.4 Å². The molecule has 0 bridgehead atoms. The highest BCUT2D eigenvalue weighted by molar-refractivity contribution is 7.91. The maximum absolute atomic E-state index is 13.8. The molecule has 4 aromatic rings. The van der Waals surface area contributed by atoms with Gasteiger partial charge >= 0.3 is 0 Å². The van der Waals surface area contributed by atoms with E-state index in [1.807, 2.05) is 36.4 Å². The maximum Gasteiger partial charge on any atom is 0.238 e. The molecule has 2 N–H and O–H groups in total. The van der Waals surface area contributed by atoms with Crippen LogP contribution in [0.4, 0.5) is 4.39 Å². The van der Waals surface area contributed by atoms with E-state index in [4.69, 9.17) is 4.42 Å². The van der Waals surface area contributed by atoms with Gasteiger partial charge in [0, 0.05) is 11.5 Å². The number of halogens is 1. The first-order chi connectivity index (χ1) is 16.4. The third kappa shape index (κ3) is 4.34. The van der Waals surface area contributed by atoms with Gasteiger partial charge < -0.3 is 15.1 Å². The van der Waals surface area contributed by atoms with Crippen LogP contribution in [0.3, 0.4) is 0 Å². The number of nitrogens with one attached hydrogen (secondary N) is 2. The summed E-state index contributed by atoms with van der Waals surface area (Å²) in [6.07, 6.45) is 1.47. The average molecular weight is 479 g/mol. The van der Waals surface area contributed by atoms with Crippen molar-refractivity contribution in [2.24, 2.45) is 0 Å². The highest BCUT2D eigenvalue weighted by Crippen LogP contribution is 2.33. The number of benzene rings is 3. The summed E-state index contributed by atoms with van der Waals surface area (Å²) in [6.45, 7) is 0.703. The van der Waals surface area contributed by atoms with Crippen LogP contribution in [-0.4, -0.2) is 26.9 Å². The molecule has 1 aliphatic heterocycles. The lowest BCUT2D eigenvalue weighted by Crippen LogP contribution is -2.44. The summed E-state index contributed by atoms with van der Waals surface area (Å²) >= 11 is 0. The predicted octanol–water partition coefficient (Wildman–Crippen LogP) is 4.58. The standard InChI is InChI=1S/C26H23FN2O4S/c27-21-11-12-23-20(15-21)16-24(33-23)34(31,32)26(29-25(30)22-10-5-13-28-22)19-9-4-8-18(14-19)17-6-2-1-3-7-17/h1-4,6-9,11-12,14-16,22,26,28H,5,10,13H2,(H,29,30)/t22?,26-/m0/s1. The van der Waals surface area contributed by atoms with Gasteiger partial charge in [-0.3, -0.25) is 4.79 Å². The van der Waals surface area contributed by atoms with Crippen molar-refractivity contribution in [3.63, 3.8) is 0 Å². The number of furan rings is 1. The molecule has 1 fully saturated rings. The first-order valence-electron chi connectivity index (χ1n) is 11.0. The lowest BCUT2D eigenvalue weighted by atomic mass is 10.0. The van der Waals surface area contributed by atoms with Gasteiger partial charge in [0.2, 0.25) is 20.8 Å². The van der Waals surface area contributed by atoms with Gasteiger partial charge in [-0.2, -0.15) is 0 Å². The van der Waals surface area contributed by atoms with E-state index in [1.54, 1.807) is 18.2 Å². The summed E-state index contributed by atoms with van der Waals surface area (Å²) in [6, 6.07) is 21.3. The number of sulfone groups is 1. The molecule has 0 radical (unpaired) electrons. The van der Waals surface area contributed by atoms with Crippen molar-refractivity contribution in [1.29, 1.82) is 0 Å². The molecule has 0 aliphatic carbocycles. The fourth-order valence-corrected chi connectivity index (χ4v) is 5.74. The molecule has 1 saturated heterocycles. The molecule has 1 aromatic heterocycles. The van der Waals surface area contributed by atoms with E-state index in [2.05, 4.69) is 10.6 Å². The SMILES string of the molecule is O=C(N[C@H](c1cccc(-c2ccccc2)c1)S(=O)(=O)c1cc2cc(F)ccc2o1)C1CCCN1. The van der Waals surface area contributed by atoms with Crippen molar-refractivity contribution in [2.75, 3.05) is 6.54 Å². The number of fused-ring (bicyclic) bond motifs is 1. The van der Waals surface area contributed by atoms with Gasteiger partial charge in [-0.05, 0) is 60.3 Å². The van der Waals surface area contributed by atoms with E-state index in [9.17, 15) is 17.6 Å². The lowest BCUT2D eigenvalue weighted by molar-refractivity contribution is -0.123.